The Morgan fingerprint density at radius 1 is 1.28 bits per heavy atom. The van der Waals surface area contributed by atoms with Crippen LogP contribution in [0.5, 0.6) is 0 Å². The third-order valence-corrected chi connectivity index (χ3v) is 4.54. The Balaban J connectivity index is 1.81. The Morgan fingerprint density at radius 2 is 2.00 bits per heavy atom. The molecule has 0 spiro atoms. The van der Waals surface area contributed by atoms with Crippen molar-refractivity contribution in [2.24, 2.45) is 0 Å². The van der Waals surface area contributed by atoms with E-state index >= 15 is 0 Å². The van der Waals surface area contributed by atoms with Crippen LogP contribution in [0.15, 0.2) is 30.3 Å². The van der Waals surface area contributed by atoms with Crippen LogP contribution < -0.4 is 5.32 Å². The van der Waals surface area contributed by atoms with Gasteiger partial charge in [0.1, 0.15) is 6.10 Å². The molecule has 0 bridgehead atoms. The lowest BCUT2D eigenvalue weighted by Crippen LogP contribution is -2.62. The summed E-state index contributed by atoms with van der Waals surface area (Å²) in [5, 5.41) is 2.95. The maximum absolute atomic E-state index is 12.3. The average molecular weight is 348 g/mol. The van der Waals surface area contributed by atoms with Crippen LogP contribution in [0, 0.1) is 0 Å². The van der Waals surface area contributed by atoms with Gasteiger partial charge in [-0.25, -0.2) is 0 Å². The van der Waals surface area contributed by atoms with Gasteiger partial charge in [0.15, 0.2) is 0 Å². The molecule has 3 atom stereocenters. The fraction of sp³-hybridized carbons (Fsp3) is 0.579. The summed E-state index contributed by atoms with van der Waals surface area (Å²) in [6.45, 7) is 4.64. The summed E-state index contributed by atoms with van der Waals surface area (Å²) in [6.07, 6.45) is 1.37. The second-order valence-electron chi connectivity index (χ2n) is 6.28. The lowest BCUT2D eigenvalue weighted by atomic mass is 9.85. The van der Waals surface area contributed by atoms with Gasteiger partial charge in [-0.05, 0) is 25.3 Å². The van der Waals surface area contributed by atoms with Crippen molar-refractivity contribution in [3.63, 3.8) is 0 Å². The third-order valence-electron chi connectivity index (χ3n) is 4.54. The number of hydrogen-bond donors (Lipinski definition) is 1. The van der Waals surface area contributed by atoms with Gasteiger partial charge in [-0.2, -0.15) is 0 Å². The number of nitrogens with zero attached hydrogens (tertiary/aromatic N) is 1. The highest BCUT2D eigenvalue weighted by Crippen LogP contribution is 2.26. The van der Waals surface area contributed by atoms with Crippen LogP contribution in [0.2, 0.25) is 0 Å². The number of amides is 2. The molecule has 0 aliphatic heterocycles. The minimum absolute atomic E-state index is 0.0299. The maximum atomic E-state index is 12.3. The van der Waals surface area contributed by atoms with Gasteiger partial charge in [0.25, 0.3) is 0 Å². The van der Waals surface area contributed by atoms with Crippen LogP contribution in [0.4, 0.5) is 0 Å². The van der Waals surface area contributed by atoms with Gasteiger partial charge in [-0.1, -0.05) is 30.3 Å². The summed E-state index contributed by atoms with van der Waals surface area (Å²) in [7, 11) is 1.62. The Hall–Kier alpha value is -1.92. The molecule has 2 rings (SSSR count). The number of carbonyl (C=O) groups excluding carboxylic acids is 2. The van der Waals surface area contributed by atoms with Crippen molar-refractivity contribution in [3.8, 4) is 0 Å². The first kappa shape index (κ1) is 19.4. The standard InChI is InChI=1S/C19H28N2O4/c1-4-25-17-12-16(19(17)24-3)20-18(23)13-21(14(2)22)11-10-15-8-6-5-7-9-15/h5-9,16-17,19H,4,10-13H2,1-3H3,(H,20,23)/t16-,17-,19+/m1/s1. The van der Waals surface area contributed by atoms with Crippen LogP contribution in [0.3, 0.4) is 0 Å². The van der Waals surface area contributed by atoms with Crippen molar-refractivity contribution in [2.45, 2.75) is 44.9 Å². The molecule has 138 valence electrons. The van der Waals surface area contributed by atoms with E-state index in [-0.39, 0.29) is 36.6 Å². The monoisotopic (exact) mass is 348 g/mol. The van der Waals surface area contributed by atoms with E-state index in [1.54, 1.807) is 12.0 Å². The predicted octanol–water partition coefficient (Wildman–Crippen LogP) is 1.39. The van der Waals surface area contributed by atoms with Crippen molar-refractivity contribution < 1.29 is 19.1 Å². The van der Waals surface area contributed by atoms with E-state index in [9.17, 15) is 9.59 Å². The predicted molar refractivity (Wildman–Crippen MR) is 95.2 cm³/mol. The Morgan fingerprint density at radius 3 is 2.60 bits per heavy atom. The van der Waals surface area contributed by atoms with Crippen molar-refractivity contribution in [1.82, 2.24) is 10.2 Å². The minimum Gasteiger partial charge on any atom is -0.377 e. The number of hydrogen-bond acceptors (Lipinski definition) is 4. The molecule has 1 aromatic carbocycles. The highest BCUT2D eigenvalue weighted by atomic mass is 16.5. The summed E-state index contributed by atoms with van der Waals surface area (Å²) >= 11 is 0. The molecule has 0 unspecified atom stereocenters. The smallest absolute Gasteiger partial charge is 0.239 e. The number of ether oxygens (including phenoxy) is 2. The minimum atomic E-state index is -0.162. The zero-order chi connectivity index (χ0) is 18.2. The Bertz CT molecular complexity index is 564. The molecule has 1 fully saturated rings. The van der Waals surface area contributed by atoms with E-state index < -0.39 is 0 Å². The van der Waals surface area contributed by atoms with Crippen molar-refractivity contribution in [3.05, 3.63) is 35.9 Å². The van der Waals surface area contributed by atoms with Crippen molar-refractivity contribution in [1.29, 1.82) is 0 Å². The molecule has 1 aliphatic carbocycles. The molecule has 6 nitrogen and oxygen atoms in total. The molecule has 1 aliphatic rings. The summed E-state index contributed by atoms with van der Waals surface area (Å²) < 4.78 is 11.0. The maximum Gasteiger partial charge on any atom is 0.239 e. The topological polar surface area (TPSA) is 67.9 Å². The van der Waals surface area contributed by atoms with Gasteiger partial charge >= 0.3 is 0 Å². The normalized spacial score (nSPS) is 22.1. The quantitative estimate of drug-likeness (QED) is 0.732. The molecule has 0 aromatic heterocycles. The highest BCUT2D eigenvalue weighted by molar-refractivity contribution is 5.84. The highest BCUT2D eigenvalue weighted by Gasteiger charge is 2.43. The van der Waals surface area contributed by atoms with Gasteiger partial charge < -0.3 is 19.7 Å². The van der Waals surface area contributed by atoms with Crippen LogP contribution in [-0.4, -0.2) is 61.8 Å². The van der Waals surface area contributed by atoms with Crippen molar-refractivity contribution >= 4 is 11.8 Å². The van der Waals surface area contributed by atoms with Gasteiger partial charge in [-0.15, -0.1) is 0 Å². The number of methoxy groups -OCH3 is 1. The first-order chi connectivity index (χ1) is 12.0. The molecule has 6 heteroatoms. The molecule has 0 saturated heterocycles. The van der Waals surface area contributed by atoms with Crippen molar-refractivity contribution in [2.75, 3.05) is 26.8 Å². The van der Waals surface area contributed by atoms with E-state index in [1.165, 1.54) is 6.92 Å². The molecule has 1 saturated carbocycles. The SMILES string of the molecule is CCO[C@@H]1C[C@@H](NC(=O)CN(CCc2ccccc2)C(C)=O)[C@@H]1OC. The zero-order valence-electron chi connectivity index (χ0n) is 15.2. The van der Waals surface area contributed by atoms with Gasteiger partial charge in [-0.3, -0.25) is 9.59 Å². The second kappa shape index (κ2) is 9.53. The number of carbonyl (C=O) groups is 2. The number of rotatable bonds is 9. The Kier molecular flexibility index (Phi) is 7.40. The summed E-state index contributed by atoms with van der Waals surface area (Å²) in [6, 6.07) is 9.87. The Labute approximate surface area is 149 Å². The molecule has 2 amide bonds. The summed E-state index contributed by atoms with van der Waals surface area (Å²) in [5.74, 6) is -0.263. The molecule has 0 heterocycles. The van der Waals surface area contributed by atoms with Gasteiger partial charge in [0.2, 0.25) is 11.8 Å². The van der Waals surface area contributed by atoms with E-state index in [0.717, 1.165) is 18.4 Å². The van der Waals surface area contributed by atoms with Crippen LogP contribution in [0.25, 0.3) is 0 Å². The molecular formula is C19H28N2O4. The average Bonchev–Trinajstić information content (AvgIpc) is 2.58. The van der Waals surface area contributed by atoms with E-state index in [4.69, 9.17) is 9.47 Å². The summed E-state index contributed by atoms with van der Waals surface area (Å²) in [4.78, 5) is 25.7. The van der Waals surface area contributed by atoms with Gasteiger partial charge in [0, 0.05) is 27.2 Å². The molecule has 1 N–H and O–H groups in total. The third kappa shape index (κ3) is 5.54. The van der Waals surface area contributed by atoms with E-state index in [0.29, 0.717) is 13.2 Å². The number of benzene rings is 1. The molecule has 1 aromatic rings. The molecule has 25 heavy (non-hydrogen) atoms. The fourth-order valence-electron chi connectivity index (χ4n) is 3.10. The fourth-order valence-corrected chi connectivity index (χ4v) is 3.10. The first-order valence-corrected chi connectivity index (χ1v) is 8.78. The first-order valence-electron chi connectivity index (χ1n) is 8.78. The van der Waals surface area contributed by atoms with Gasteiger partial charge in [0.05, 0.1) is 18.7 Å². The van der Waals surface area contributed by atoms with Crippen LogP contribution in [-0.2, 0) is 25.5 Å². The second-order valence-corrected chi connectivity index (χ2v) is 6.28. The lowest BCUT2D eigenvalue weighted by Gasteiger charge is -2.43. The molecule has 0 radical (unpaired) electrons. The van der Waals surface area contributed by atoms with E-state index in [2.05, 4.69) is 5.32 Å². The summed E-state index contributed by atoms with van der Waals surface area (Å²) in [5.41, 5.74) is 1.15. The van der Waals surface area contributed by atoms with E-state index in [1.807, 2.05) is 37.3 Å². The number of nitrogens with one attached hydrogen (secondary N) is 1. The largest absolute Gasteiger partial charge is 0.377 e. The zero-order valence-corrected chi connectivity index (χ0v) is 15.2. The lowest BCUT2D eigenvalue weighted by molar-refractivity contribution is -0.146. The molecular weight excluding hydrogens is 320 g/mol. The van der Waals surface area contributed by atoms with Crippen LogP contribution >= 0.6 is 0 Å². The van der Waals surface area contributed by atoms with Crippen LogP contribution in [0.1, 0.15) is 25.8 Å².